The number of phenolic OH excluding ortho intramolecular Hbond substituents is 2. The van der Waals surface area contributed by atoms with Crippen LogP contribution < -0.4 is 10.6 Å². The molecule has 0 saturated heterocycles. The first-order valence-corrected chi connectivity index (χ1v) is 16.5. The number of allylic oxidation sites excluding steroid dienone is 1. The fourth-order valence-corrected chi connectivity index (χ4v) is 5.65. The van der Waals surface area contributed by atoms with Gasteiger partial charge in [0.15, 0.2) is 0 Å². The van der Waals surface area contributed by atoms with E-state index in [1.54, 1.807) is 36.4 Å². The van der Waals surface area contributed by atoms with E-state index in [2.05, 4.69) is 51.8 Å². The lowest BCUT2D eigenvalue weighted by atomic mass is 9.88. The number of aryl methyl sites for hydroxylation is 1. The first kappa shape index (κ1) is 33.7. The number of benzene rings is 4. The number of aromatic hydroxyl groups is 2. The lowest BCUT2D eigenvalue weighted by Gasteiger charge is -2.16. The lowest BCUT2D eigenvalue weighted by Crippen LogP contribution is -2.25. The van der Waals surface area contributed by atoms with Crippen LogP contribution in [0.3, 0.4) is 0 Å². The molecule has 0 aliphatic heterocycles. The summed E-state index contributed by atoms with van der Waals surface area (Å²) in [5.74, 6) is 0.950. The number of fused-ring (bicyclic) bond motifs is 1. The third kappa shape index (κ3) is 9.45. The molecule has 0 bridgehead atoms. The Labute approximate surface area is 281 Å². The van der Waals surface area contributed by atoms with Gasteiger partial charge in [-0.1, -0.05) is 73.7 Å². The van der Waals surface area contributed by atoms with Crippen LogP contribution in [0, 0.1) is 0 Å². The maximum Gasteiger partial charge on any atom is 0.243 e. The summed E-state index contributed by atoms with van der Waals surface area (Å²) in [7, 11) is 0. The largest absolute Gasteiger partial charge is 0.508 e. The molecule has 48 heavy (non-hydrogen) atoms. The van der Waals surface area contributed by atoms with Crippen LogP contribution in [-0.2, 0) is 16.0 Å². The zero-order valence-electron chi connectivity index (χ0n) is 27.2. The minimum absolute atomic E-state index is 0.0284. The van der Waals surface area contributed by atoms with Gasteiger partial charge in [0.2, 0.25) is 11.8 Å². The Hall–Kier alpha value is -5.63. The first-order valence-electron chi connectivity index (χ1n) is 16.5. The molecule has 246 valence electrons. The number of aromatic nitrogens is 2. The van der Waals surface area contributed by atoms with Gasteiger partial charge in [-0.3, -0.25) is 9.59 Å². The Bertz CT molecular complexity index is 1870. The van der Waals surface area contributed by atoms with Crippen LogP contribution in [0.25, 0.3) is 28.3 Å². The average molecular weight is 643 g/mol. The lowest BCUT2D eigenvalue weighted by molar-refractivity contribution is -0.121. The predicted molar refractivity (Wildman–Crippen MR) is 192 cm³/mol. The first-order chi connectivity index (χ1) is 23.4. The molecule has 1 heterocycles. The molecule has 0 radical (unpaired) electrons. The second-order valence-corrected chi connectivity index (χ2v) is 11.7. The molecule has 0 saturated carbocycles. The van der Waals surface area contributed by atoms with Crippen molar-refractivity contribution in [1.29, 1.82) is 0 Å². The van der Waals surface area contributed by atoms with Gasteiger partial charge in [-0.15, -0.1) is 0 Å². The van der Waals surface area contributed by atoms with Crippen LogP contribution in [-0.4, -0.2) is 45.1 Å². The van der Waals surface area contributed by atoms with Crippen LogP contribution in [0.2, 0.25) is 0 Å². The Balaban J connectivity index is 1.04. The minimum Gasteiger partial charge on any atom is -0.508 e. The molecule has 1 aromatic heterocycles. The SMILES string of the molecule is CCC(=C(c1ccc(O)cc1)c1ccc(/C=C/C(=O)NCCCCCNC(=O)CCc2nc3ccc(O)cc3[nH]2)cc1)c1ccccc1. The van der Waals surface area contributed by atoms with Crippen molar-refractivity contribution < 1.29 is 19.8 Å². The van der Waals surface area contributed by atoms with E-state index >= 15 is 0 Å². The monoisotopic (exact) mass is 642 g/mol. The standard InChI is InChI=1S/C40H42N4O4/c1-2-34(29-9-5-3-6-10-29)40(31-16-18-32(45)19-17-31)30-14-11-28(12-15-30)13-23-38(47)41-25-7-4-8-26-42-39(48)24-22-37-43-35-21-20-33(46)27-36(35)44-37/h3,5-6,9-21,23,27,45-46H,2,4,7-8,22,24-26H2,1H3,(H,41,47)(H,42,48)(H,43,44)/b23-13+,40-34?. The number of carbonyl (C=O) groups is 2. The van der Waals surface area contributed by atoms with Crippen molar-refractivity contribution in [3.05, 3.63) is 131 Å². The van der Waals surface area contributed by atoms with Gasteiger partial charge in [-0.05, 0) is 89.4 Å². The van der Waals surface area contributed by atoms with E-state index in [-0.39, 0.29) is 23.3 Å². The van der Waals surface area contributed by atoms with E-state index < -0.39 is 0 Å². The predicted octanol–water partition coefficient (Wildman–Crippen LogP) is 7.39. The molecule has 0 spiro atoms. The van der Waals surface area contributed by atoms with E-state index in [9.17, 15) is 19.8 Å². The minimum atomic E-state index is -0.143. The van der Waals surface area contributed by atoms with E-state index in [0.29, 0.717) is 31.8 Å². The smallest absolute Gasteiger partial charge is 0.243 e. The molecule has 5 rings (SSSR count). The van der Waals surface area contributed by atoms with Gasteiger partial charge in [0.1, 0.15) is 17.3 Å². The van der Waals surface area contributed by atoms with Gasteiger partial charge in [-0.25, -0.2) is 4.98 Å². The highest BCUT2D eigenvalue weighted by Crippen LogP contribution is 2.35. The number of unbranched alkanes of at least 4 members (excludes halogenated alkanes) is 2. The van der Waals surface area contributed by atoms with Crippen molar-refractivity contribution in [3.8, 4) is 11.5 Å². The summed E-state index contributed by atoms with van der Waals surface area (Å²) in [6.07, 6.45) is 7.58. The number of amides is 2. The molecule has 8 heteroatoms. The number of aromatic amines is 1. The summed E-state index contributed by atoms with van der Waals surface area (Å²) >= 11 is 0. The number of nitrogens with one attached hydrogen (secondary N) is 3. The highest BCUT2D eigenvalue weighted by molar-refractivity contribution is 5.99. The van der Waals surface area contributed by atoms with E-state index in [0.717, 1.165) is 64.5 Å². The average Bonchev–Trinajstić information content (AvgIpc) is 3.51. The number of hydrogen-bond donors (Lipinski definition) is 5. The molecule has 5 aromatic rings. The Morgan fingerprint density at radius 2 is 1.44 bits per heavy atom. The van der Waals surface area contributed by atoms with Crippen LogP contribution >= 0.6 is 0 Å². The number of H-pyrrole nitrogens is 1. The van der Waals surface area contributed by atoms with Gasteiger partial charge in [0.25, 0.3) is 0 Å². The van der Waals surface area contributed by atoms with E-state index in [1.165, 1.54) is 5.57 Å². The quantitative estimate of drug-likeness (QED) is 0.0462. The number of rotatable bonds is 15. The van der Waals surface area contributed by atoms with Crippen LogP contribution in [0.15, 0.2) is 103 Å². The van der Waals surface area contributed by atoms with E-state index in [1.807, 2.05) is 48.5 Å². The topological polar surface area (TPSA) is 127 Å². The second-order valence-electron chi connectivity index (χ2n) is 11.7. The Morgan fingerprint density at radius 3 is 2.15 bits per heavy atom. The number of nitrogens with zero attached hydrogens (tertiary/aromatic N) is 1. The highest BCUT2D eigenvalue weighted by atomic mass is 16.3. The van der Waals surface area contributed by atoms with Crippen molar-refractivity contribution in [2.45, 2.75) is 45.4 Å². The Morgan fingerprint density at radius 1 is 0.771 bits per heavy atom. The van der Waals surface area contributed by atoms with Crippen LogP contribution in [0.4, 0.5) is 0 Å². The maximum absolute atomic E-state index is 12.4. The third-order valence-corrected chi connectivity index (χ3v) is 8.14. The second kappa shape index (κ2) is 16.8. The molecule has 2 amide bonds. The summed E-state index contributed by atoms with van der Waals surface area (Å²) < 4.78 is 0. The third-order valence-electron chi connectivity index (χ3n) is 8.14. The number of imidazole rings is 1. The van der Waals surface area contributed by atoms with Crippen molar-refractivity contribution in [2.75, 3.05) is 13.1 Å². The van der Waals surface area contributed by atoms with Gasteiger partial charge in [-0.2, -0.15) is 0 Å². The number of phenols is 2. The zero-order chi connectivity index (χ0) is 33.7. The van der Waals surface area contributed by atoms with Crippen molar-refractivity contribution in [3.63, 3.8) is 0 Å². The normalized spacial score (nSPS) is 11.9. The summed E-state index contributed by atoms with van der Waals surface area (Å²) in [6.45, 7) is 3.31. The summed E-state index contributed by atoms with van der Waals surface area (Å²) in [5, 5.41) is 25.3. The van der Waals surface area contributed by atoms with Crippen molar-refractivity contribution >= 4 is 40.1 Å². The summed E-state index contributed by atoms with van der Waals surface area (Å²) in [6, 6.07) is 30.8. The summed E-state index contributed by atoms with van der Waals surface area (Å²) in [4.78, 5) is 32.2. The van der Waals surface area contributed by atoms with Crippen LogP contribution in [0.5, 0.6) is 11.5 Å². The molecule has 0 aliphatic rings. The molecule has 0 unspecified atom stereocenters. The molecular weight excluding hydrogens is 600 g/mol. The summed E-state index contributed by atoms with van der Waals surface area (Å²) in [5.41, 5.74) is 8.02. The van der Waals surface area contributed by atoms with Crippen molar-refractivity contribution in [1.82, 2.24) is 20.6 Å². The Kier molecular flexibility index (Phi) is 11.8. The molecule has 5 N–H and O–H groups in total. The zero-order valence-corrected chi connectivity index (χ0v) is 27.2. The number of hydrogen-bond acceptors (Lipinski definition) is 5. The fourth-order valence-electron chi connectivity index (χ4n) is 5.65. The molecular formula is C40H42N4O4. The maximum atomic E-state index is 12.4. The molecule has 0 atom stereocenters. The fraction of sp³-hybridized carbons (Fsp3) is 0.225. The highest BCUT2D eigenvalue weighted by Gasteiger charge is 2.13. The molecule has 4 aromatic carbocycles. The van der Waals surface area contributed by atoms with Gasteiger partial charge in [0.05, 0.1) is 11.0 Å². The van der Waals surface area contributed by atoms with E-state index in [4.69, 9.17) is 0 Å². The molecule has 0 aliphatic carbocycles. The molecule has 8 nitrogen and oxygen atoms in total. The van der Waals surface area contributed by atoms with Gasteiger partial charge < -0.3 is 25.8 Å². The number of carbonyl (C=O) groups excluding carboxylic acids is 2. The van der Waals surface area contributed by atoms with Gasteiger partial charge >= 0.3 is 0 Å². The van der Waals surface area contributed by atoms with Gasteiger partial charge in [0, 0.05) is 38.1 Å². The molecule has 0 fully saturated rings. The van der Waals surface area contributed by atoms with Crippen LogP contribution in [0.1, 0.15) is 67.1 Å². The van der Waals surface area contributed by atoms with Crippen molar-refractivity contribution in [2.24, 2.45) is 0 Å².